The lowest BCUT2D eigenvalue weighted by Gasteiger charge is -2.27. The van der Waals surface area contributed by atoms with E-state index in [1.54, 1.807) is 0 Å². The molecule has 0 bridgehead atoms. The smallest absolute Gasteiger partial charge is 0.271 e. The first kappa shape index (κ1) is 11.2. The minimum absolute atomic E-state index is 0.0433. The first-order chi connectivity index (χ1) is 8.06. The van der Waals surface area contributed by atoms with Gasteiger partial charge >= 0.3 is 0 Å². The van der Waals surface area contributed by atoms with Crippen LogP contribution in [0.15, 0.2) is 18.2 Å². The van der Waals surface area contributed by atoms with Crippen molar-refractivity contribution in [2.45, 2.75) is 12.5 Å². The number of aliphatic carboxylic acids is 1. The number of nitrogens with one attached hydrogen (secondary N) is 1. The van der Waals surface area contributed by atoms with Crippen molar-refractivity contribution in [2.75, 3.05) is 11.9 Å². The highest BCUT2D eigenvalue weighted by Crippen LogP contribution is 2.32. The molecule has 1 aromatic carbocycles. The maximum absolute atomic E-state index is 10.5. The van der Waals surface area contributed by atoms with Gasteiger partial charge in [-0.05, 0) is 6.07 Å². The SMILES string of the molecule is O=C([O-])CC1CNc2cc([N+](=O)[O-])ccc2O1. The van der Waals surface area contributed by atoms with E-state index in [0.717, 1.165) is 0 Å². The van der Waals surface area contributed by atoms with E-state index >= 15 is 0 Å². The number of nitrogens with zero attached hydrogens (tertiary/aromatic N) is 1. The number of ether oxygens (including phenoxy) is 1. The molecule has 1 unspecified atom stereocenters. The van der Waals surface area contributed by atoms with Crippen LogP contribution in [0.2, 0.25) is 0 Å². The Morgan fingerprint density at radius 1 is 1.59 bits per heavy atom. The molecule has 0 radical (unpaired) electrons. The Balaban J connectivity index is 2.17. The lowest BCUT2D eigenvalue weighted by atomic mass is 10.1. The summed E-state index contributed by atoms with van der Waals surface area (Å²) >= 11 is 0. The van der Waals surface area contributed by atoms with Crippen molar-refractivity contribution in [3.63, 3.8) is 0 Å². The molecule has 0 saturated carbocycles. The van der Waals surface area contributed by atoms with Crippen molar-refractivity contribution in [1.29, 1.82) is 0 Å². The number of fused-ring (bicyclic) bond motifs is 1. The third kappa shape index (κ3) is 2.44. The average Bonchev–Trinajstić information content (AvgIpc) is 2.27. The summed E-state index contributed by atoms with van der Waals surface area (Å²) in [7, 11) is 0. The second-order valence-corrected chi connectivity index (χ2v) is 3.63. The van der Waals surface area contributed by atoms with Gasteiger partial charge in [-0.3, -0.25) is 10.1 Å². The van der Waals surface area contributed by atoms with Crippen LogP contribution >= 0.6 is 0 Å². The molecule has 2 rings (SSSR count). The van der Waals surface area contributed by atoms with Crippen LogP contribution in [0.1, 0.15) is 6.42 Å². The lowest BCUT2D eigenvalue weighted by Crippen LogP contribution is -2.37. The van der Waals surface area contributed by atoms with Gasteiger partial charge in [-0.15, -0.1) is 0 Å². The zero-order valence-electron chi connectivity index (χ0n) is 8.71. The Bertz CT molecular complexity index is 474. The Morgan fingerprint density at radius 3 is 3.00 bits per heavy atom. The van der Waals surface area contributed by atoms with E-state index in [4.69, 9.17) is 4.74 Å². The van der Waals surface area contributed by atoms with E-state index in [2.05, 4.69) is 5.32 Å². The van der Waals surface area contributed by atoms with Crippen molar-refractivity contribution in [3.05, 3.63) is 28.3 Å². The number of carboxylic acid groups (broad SMARTS) is 1. The highest BCUT2D eigenvalue weighted by atomic mass is 16.6. The molecule has 0 spiro atoms. The number of rotatable bonds is 3. The molecule has 90 valence electrons. The van der Waals surface area contributed by atoms with Crippen LogP contribution in [0, 0.1) is 10.1 Å². The second-order valence-electron chi connectivity index (χ2n) is 3.63. The van der Waals surface area contributed by atoms with E-state index in [0.29, 0.717) is 11.4 Å². The molecule has 1 aliphatic heterocycles. The largest absolute Gasteiger partial charge is 0.550 e. The summed E-state index contributed by atoms with van der Waals surface area (Å²) in [5.41, 5.74) is 0.451. The molecular formula is C10H9N2O5-. The van der Waals surface area contributed by atoms with Gasteiger partial charge in [0.25, 0.3) is 5.69 Å². The predicted octanol–water partition coefficient (Wildman–Crippen LogP) is -0.0923. The number of carboxylic acids is 1. The van der Waals surface area contributed by atoms with Crippen LogP contribution in [0.3, 0.4) is 0 Å². The molecule has 0 saturated heterocycles. The van der Waals surface area contributed by atoms with E-state index in [1.165, 1.54) is 18.2 Å². The van der Waals surface area contributed by atoms with Crippen molar-refractivity contribution in [3.8, 4) is 5.75 Å². The van der Waals surface area contributed by atoms with E-state index in [-0.39, 0.29) is 18.7 Å². The molecule has 0 aliphatic carbocycles. The minimum atomic E-state index is -1.19. The molecule has 7 nitrogen and oxygen atoms in total. The normalized spacial score (nSPS) is 17.5. The topological polar surface area (TPSA) is 105 Å². The number of hydrogen-bond donors (Lipinski definition) is 1. The molecule has 0 aromatic heterocycles. The Morgan fingerprint density at radius 2 is 2.35 bits per heavy atom. The number of hydrogen-bond acceptors (Lipinski definition) is 6. The summed E-state index contributed by atoms with van der Waals surface area (Å²) in [6, 6.07) is 4.11. The molecular weight excluding hydrogens is 228 g/mol. The Hall–Kier alpha value is -2.31. The number of benzene rings is 1. The second kappa shape index (κ2) is 4.28. The van der Waals surface area contributed by atoms with Crippen LogP contribution in [-0.2, 0) is 4.79 Å². The maximum atomic E-state index is 10.5. The number of nitro benzene ring substituents is 1. The van der Waals surface area contributed by atoms with Gasteiger partial charge in [-0.25, -0.2) is 0 Å². The van der Waals surface area contributed by atoms with E-state index in [9.17, 15) is 20.0 Å². The van der Waals surface area contributed by atoms with Crippen LogP contribution in [0.5, 0.6) is 5.75 Å². The van der Waals surface area contributed by atoms with Gasteiger partial charge in [0.05, 0.1) is 17.2 Å². The quantitative estimate of drug-likeness (QED) is 0.581. The molecule has 0 amide bonds. The zero-order valence-corrected chi connectivity index (χ0v) is 8.71. The van der Waals surface area contributed by atoms with Crippen LogP contribution in [-0.4, -0.2) is 23.5 Å². The molecule has 0 fully saturated rings. The van der Waals surface area contributed by atoms with Gasteiger partial charge in [-0.2, -0.15) is 0 Å². The lowest BCUT2D eigenvalue weighted by molar-refractivity contribution is -0.384. The molecule has 17 heavy (non-hydrogen) atoms. The highest BCUT2D eigenvalue weighted by Gasteiger charge is 2.21. The summed E-state index contributed by atoms with van der Waals surface area (Å²) < 4.78 is 5.37. The monoisotopic (exact) mass is 237 g/mol. The number of anilines is 1. The fraction of sp³-hybridized carbons (Fsp3) is 0.300. The molecule has 1 N–H and O–H groups in total. The fourth-order valence-corrected chi connectivity index (χ4v) is 1.62. The Kier molecular flexibility index (Phi) is 2.82. The predicted molar refractivity (Wildman–Crippen MR) is 55.6 cm³/mol. The standard InChI is InChI=1S/C10H10N2O5/c13-10(14)4-7-5-11-8-3-6(12(15)16)1-2-9(8)17-7/h1-3,7,11H,4-5H2,(H,13,14)/p-1. The summed E-state index contributed by atoms with van der Waals surface area (Å²) in [4.78, 5) is 20.5. The maximum Gasteiger partial charge on any atom is 0.271 e. The number of non-ortho nitro benzene ring substituents is 1. The summed E-state index contributed by atoms with van der Waals surface area (Å²) in [6.45, 7) is 0.280. The van der Waals surface area contributed by atoms with Gasteiger partial charge in [0.1, 0.15) is 11.9 Å². The van der Waals surface area contributed by atoms with Gasteiger partial charge < -0.3 is 20.0 Å². The van der Waals surface area contributed by atoms with Gasteiger partial charge in [0.15, 0.2) is 0 Å². The van der Waals surface area contributed by atoms with Gasteiger partial charge in [-0.1, -0.05) is 0 Å². The van der Waals surface area contributed by atoms with Crippen molar-refractivity contribution in [2.24, 2.45) is 0 Å². The van der Waals surface area contributed by atoms with Crippen molar-refractivity contribution in [1.82, 2.24) is 0 Å². The van der Waals surface area contributed by atoms with Gasteiger partial charge in [0, 0.05) is 24.5 Å². The Labute approximate surface area is 96.2 Å². The number of carbonyl (C=O) groups excluding carboxylic acids is 1. The van der Waals surface area contributed by atoms with Crippen molar-refractivity contribution < 1.29 is 19.6 Å². The zero-order chi connectivity index (χ0) is 12.4. The molecule has 1 heterocycles. The van der Waals surface area contributed by atoms with Crippen LogP contribution < -0.4 is 15.2 Å². The molecule has 1 aromatic rings. The third-order valence-electron chi connectivity index (χ3n) is 2.38. The third-order valence-corrected chi connectivity index (χ3v) is 2.38. The highest BCUT2D eigenvalue weighted by molar-refractivity contribution is 5.67. The van der Waals surface area contributed by atoms with Crippen molar-refractivity contribution >= 4 is 17.3 Å². The number of nitro groups is 1. The van der Waals surface area contributed by atoms with E-state index in [1.807, 2.05) is 0 Å². The summed E-state index contributed by atoms with van der Waals surface area (Å²) in [5, 5.41) is 23.9. The first-order valence-electron chi connectivity index (χ1n) is 4.95. The number of carbonyl (C=O) groups is 1. The molecule has 7 heteroatoms. The first-order valence-corrected chi connectivity index (χ1v) is 4.95. The fourth-order valence-electron chi connectivity index (χ4n) is 1.62. The van der Waals surface area contributed by atoms with Crippen LogP contribution in [0.4, 0.5) is 11.4 Å². The molecule has 1 aliphatic rings. The molecule has 1 atom stereocenters. The van der Waals surface area contributed by atoms with Crippen LogP contribution in [0.25, 0.3) is 0 Å². The van der Waals surface area contributed by atoms with E-state index < -0.39 is 17.0 Å². The summed E-state index contributed by atoms with van der Waals surface area (Å²) in [5.74, 6) is -0.782. The minimum Gasteiger partial charge on any atom is -0.550 e. The van der Waals surface area contributed by atoms with Gasteiger partial charge in [0.2, 0.25) is 0 Å². The average molecular weight is 237 g/mol. The summed E-state index contributed by atoms with van der Waals surface area (Å²) in [6.07, 6.45) is -0.738.